The number of rotatable bonds is 9. The summed E-state index contributed by atoms with van der Waals surface area (Å²) in [6.45, 7) is 0.708. The van der Waals surface area contributed by atoms with Gasteiger partial charge in [-0.2, -0.15) is 0 Å². The Balaban J connectivity index is 1.53. The molecule has 2 heterocycles. The van der Waals surface area contributed by atoms with E-state index in [1.165, 1.54) is 4.90 Å². The van der Waals surface area contributed by atoms with Crippen LogP contribution in [0.25, 0.3) is 0 Å². The summed E-state index contributed by atoms with van der Waals surface area (Å²) in [5.74, 6) is -1.29. The average molecular weight is 569 g/mol. The van der Waals surface area contributed by atoms with E-state index in [4.69, 9.17) is 16.2 Å². The van der Waals surface area contributed by atoms with Gasteiger partial charge in [0.05, 0.1) is 11.5 Å². The van der Waals surface area contributed by atoms with E-state index in [2.05, 4.69) is 0 Å². The van der Waals surface area contributed by atoms with Crippen LogP contribution in [0.3, 0.4) is 0 Å². The van der Waals surface area contributed by atoms with Crippen molar-refractivity contribution in [3.8, 4) is 0 Å². The third-order valence-corrected chi connectivity index (χ3v) is 9.23. The minimum Gasteiger partial charge on any atom is -0.449 e. The lowest BCUT2D eigenvalue weighted by Crippen LogP contribution is -2.55. The van der Waals surface area contributed by atoms with Gasteiger partial charge in [-0.05, 0) is 74.1 Å². The first-order chi connectivity index (χ1) is 19.0. The Morgan fingerprint density at radius 3 is 2.20 bits per heavy atom. The summed E-state index contributed by atoms with van der Waals surface area (Å²) in [7, 11) is 3.39. The Hall–Kier alpha value is -3.24. The van der Waals surface area contributed by atoms with Gasteiger partial charge in [-0.3, -0.25) is 19.2 Å². The highest BCUT2D eigenvalue weighted by Gasteiger charge is 2.49. The average Bonchev–Trinajstić information content (AvgIpc) is 3.46. The molecule has 2 aliphatic rings. The van der Waals surface area contributed by atoms with E-state index < -0.39 is 28.9 Å². The summed E-state index contributed by atoms with van der Waals surface area (Å²) in [6, 6.07) is 10.5. The predicted octanol–water partition coefficient (Wildman–Crippen LogP) is 2.90. The Morgan fingerprint density at radius 1 is 1.00 bits per heavy atom. The number of thiophene rings is 1. The van der Waals surface area contributed by atoms with Crippen LogP contribution in [0.1, 0.15) is 65.7 Å². The Labute approximate surface area is 239 Å². The number of benzene rings is 1. The molecule has 2 fully saturated rings. The zero-order chi connectivity index (χ0) is 28.9. The molecule has 9 nitrogen and oxygen atoms in total. The van der Waals surface area contributed by atoms with Crippen molar-refractivity contribution in [2.45, 2.75) is 69.4 Å². The number of hydrogen-bond donors (Lipinski definition) is 2. The molecule has 1 atom stereocenters. The van der Waals surface area contributed by atoms with Gasteiger partial charge in [-0.1, -0.05) is 24.6 Å². The molecule has 1 aromatic heterocycles. The molecule has 0 bridgehead atoms. The van der Waals surface area contributed by atoms with E-state index in [0.717, 1.165) is 29.7 Å². The number of ether oxygens (including phenoxy) is 1. The van der Waals surface area contributed by atoms with Crippen LogP contribution in [-0.4, -0.2) is 72.3 Å². The number of carbonyl (C=O) groups is 4. The van der Waals surface area contributed by atoms with Gasteiger partial charge in [0.25, 0.3) is 11.8 Å². The number of esters is 1. The maximum atomic E-state index is 14.0. The van der Waals surface area contributed by atoms with Crippen molar-refractivity contribution >= 4 is 35.0 Å². The number of nitrogens with zero attached hydrogens (tertiary/aromatic N) is 2. The van der Waals surface area contributed by atoms with Gasteiger partial charge >= 0.3 is 5.97 Å². The molecular formula is C30H40N4O5S. The lowest BCUT2D eigenvalue weighted by atomic mass is 9.73. The lowest BCUT2D eigenvalue weighted by Gasteiger charge is -2.43. The highest BCUT2D eigenvalue weighted by Crippen LogP contribution is 2.41. The topological polar surface area (TPSA) is 136 Å². The van der Waals surface area contributed by atoms with Crippen molar-refractivity contribution in [2.75, 3.05) is 27.2 Å². The van der Waals surface area contributed by atoms with Gasteiger partial charge in [-0.15, -0.1) is 11.3 Å². The van der Waals surface area contributed by atoms with Crippen LogP contribution >= 0.6 is 11.3 Å². The molecule has 2 aromatic rings. The molecule has 4 N–H and O–H groups in total. The van der Waals surface area contributed by atoms with E-state index in [1.54, 1.807) is 42.5 Å². The molecule has 4 rings (SSSR count). The summed E-state index contributed by atoms with van der Waals surface area (Å²) in [4.78, 5) is 56.3. The van der Waals surface area contributed by atoms with Crippen molar-refractivity contribution in [3.05, 3.63) is 57.8 Å². The van der Waals surface area contributed by atoms with E-state index in [9.17, 15) is 19.2 Å². The number of primary amides is 1. The SMILES string of the molecule is CN(C)C(=O)c1ccc(CC2(C(=O)OC3(C(N)=O)CCCCC3)CCN(C(=O)C(N)Cc3cccs3)CC2)cc1. The second-order valence-corrected chi connectivity index (χ2v) is 12.4. The minimum absolute atomic E-state index is 0.105. The Kier molecular flexibility index (Phi) is 9.30. The zero-order valence-electron chi connectivity index (χ0n) is 23.4. The quantitative estimate of drug-likeness (QED) is 0.447. The third kappa shape index (κ3) is 6.55. The predicted molar refractivity (Wildman–Crippen MR) is 154 cm³/mol. The maximum Gasteiger partial charge on any atom is 0.313 e. The molecule has 0 spiro atoms. The molecule has 40 heavy (non-hydrogen) atoms. The first-order valence-electron chi connectivity index (χ1n) is 14.0. The van der Waals surface area contributed by atoms with Crippen LogP contribution in [0.15, 0.2) is 41.8 Å². The minimum atomic E-state index is -1.29. The summed E-state index contributed by atoms with van der Waals surface area (Å²) in [6.07, 6.45) is 4.94. The highest BCUT2D eigenvalue weighted by molar-refractivity contribution is 7.09. The first-order valence-corrected chi connectivity index (χ1v) is 14.8. The Bertz CT molecular complexity index is 1200. The molecule has 216 valence electrons. The van der Waals surface area contributed by atoms with Crippen LogP contribution < -0.4 is 11.5 Å². The molecule has 10 heteroatoms. The van der Waals surface area contributed by atoms with Crippen molar-refractivity contribution in [1.29, 1.82) is 0 Å². The number of hydrogen-bond acceptors (Lipinski definition) is 7. The first kappa shape index (κ1) is 29.7. The fraction of sp³-hybridized carbons (Fsp3) is 0.533. The summed E-state index contributed by atoms with van der Waals surface area (Å²) in [5, 5.41) is 1.96. The number of nitrogens with two attached hydrogens (primary N) is 2. The van der Waals surface area contributed by atoms with Gasteiger partial charge < -0.3 is 26.0 Å². The van der Waals surface area contributed by atoms with Gasteiger partial charge in [0.2, 0.25) is 5.91 Å². The van der Waals surface area contributed by atoms with Crippen LogP contribution in [0.5, 0.6) is 0 Å². The van der Waals surface area contributed by atoms with Gasteiger partial charge in [0.15, 0.2) is 5.60 Å². The fourth-order valence-electron chi connectivity index (χ4n) is 5.80. The zero-order valence-corrected chi connectivity index (χ0v) is 24.2. The van der Waals surface area contributed by atoms with Crippen LogP contribution in [0, 0.1) is 5.41 Å². The van der Waals surface area contributed by atoms with Gasteiger partial charge in [-0.25, -0.2) is 0 Å². The van der Waals surface area contributed by atoms with E-state index in [-0.39, 0.29) is 11.8 Å². The molecule has 1 aromatic carbocycles. The number of carbonyl (C=O) groups excluding carboxylic acids is 4. The molecule has 1 unspecified atom stereocenters. The van der Waals surface area contributed by atoms with Crippen molar-refractivity contribution in [3.63, 3.8) is 0 Å². The maximum absolute atomic E-state index is 14.0. The van der Waals surface area contributed by atoms with Gasteiger partial charge in [0.1, 0.15) is 0 Å². The number of likely N-dealkylation sites (tertiary alicyclic amines) is 1. The monoisotopic (exact) mass is 568 g/mol. The Morgan fingerprint density at radius 2 is 1.65 bits per heavy atom. The van der Waals surface area contributed by atoms with E-state index in [1.807, 2.05) is 29.6 Å². The van der Waals surface area contributed by atoms with E-state index >= 15 is 0 Å². The lowest BCUT2D eigenvalue weighted by molar-refractivity contribution is -0.183. The molecule has 1 saturated carbocycles. The van der Waals surface area contributed by atoms with Crippen LogP contribution in [0.2, 0.25) is 0 Å². The number of piperidine rings is 1. The van der Waals surface area contributed by atoms with Crippen molar-refractivity contribution < 1.29 is 23.9 Å². The fourth-order valence-corrected chi connectivity index (χ4v) is 6.56. The molecule has 3 amide bonds. The smallest absolute Gasteiger partial charge is 0.313 e. The van der Waals surface area contributed by atoms with Crippen molar-refractivity contribution in [1.82, 2.24) is 9.80 Å². The summed E-state index contributed by atoms with van der Waals surface area (Å²) < 4.78 is 6.06. The molecule has 1 aliphatic carbocycles. The highest BCUT2D eigenvalue weighted by atomic mass is 32.1. The largest absolute Gasteiger partial charge is 0.449 e. The van der Waals surface area contributed by atoms with Crippen molar-refractivity contribution in [2.24, 2.45) is 16.9 Å². The second-order valence-electron chi connectivity index (χ2n) is 11.4. The normalized spacial score (nSPS) is 18.9. The second kappa shape index (κ2) is 12.5. The molecule has 1 aliphatic heterocycles. The molecule has 1 saturated heterocycles. The summed E-state index contributed by atoms with van der Waals surface area (Å²) in [5.41, 5.74) is 11.2. The van der Waals surface area contributed by atoms with E-state index in [0.29, 0.717) is 57.2 Å². The summed E-state index contributed by atoms with van der Waals surface area (Å²) >= 11 is 1.57. The third-order valence-electron chi connectivity index (χ3n) is 8.33. The molecule has 0 radical (unpaired) electrons. The van der Waals surface area contributed by atoms with Crippen LogP contribution in [0.4, 0.5) is 0 Å². The van der Waals surface area contributed by atoms with Crippen LogP contribution in [-0.2, 0) is 32.0 Å². The standard InChI is InChI=1S/C30H40N4O5S/c1-33(2)25(35)22-10-8-21(9-11-22)20-29(28(38)39-30(27(32)37)12-4-3-5-13-30)14-16-34(17-15-29)26(36)24(31)19-23-7-6-18-40-23/h6-11,18,24H,3-5,12-17,19-20,31H2,1-2H3,(H2,32,37). The number of amides is 3. The molecular weight excluding hydrogens is 528 g/mol. The van der Waals surface area contributed by atoms with Gasteiger partial charge in [0, 0.05) is 44.0 Å².